The van der Waals surface area contributed by atoms with Gasteiger partial charge in [-0.05, 0) is 82.9 Å². The van der Waals surface area contributed by atoms with Crippen LogP contribution in [0.2, 0.25) is 0 Å². The van der Waals surface area contributed by atoms with Crippen molar-refractivity contribution in [3.8, 4) is 12.0 Å². The Hall–Kier alpha value is -4.69. The van der Waals surface area contributed by atoms with Gasteiger partial charge in [-0.25, -0.2) is 30.8 Å². The molecule has 0 radical (unpaired) electrons. The molecule has 0 saturated heterocycles. The number of rotatable bonds is 17. The van der Waals surface area contributed by atoms with Crippen molar-refractivity contribution in [3.63, 3.8) is 0 Å². The van der Waals surface area contributed by atoms with Crippen molar-refractivity contribution in [2.45, 2.75) is 59.5 Å². The van der Waals surface area contributed by atoms with Gasteiger partial charge in [-0.15, -0.1) is 0 Å². The topological polar surface area (TPSA) is 193 Å². The van der Waals surface area contributed by atoms with Gasteiger partial charge in [0.25, 0.3) is 5.82 Å². The summed E-state index contributed by atoms with van der Waals surface area (Å²) in [7, 11) is -8.77. The van der Waals surface area contributed by atoms with Gasteiger partial charge in [0.05, 0.1) is 56.9 Å². The van der Waals surface area contributed by atoms with Crippen LogP contribution in [-0.2, 0) is 38.1 Å². The fourth-order valence-electron chi connectivity index (χ4n) is 6.14. The maximum Gasteiger partial charge on any atom is 0.338 e. The molecule has 0 fully saturated rings. The fourth-order valence-corrected chi connectivity index (χ4v) is 7.25. The Balaban J connectivity index is 1.79. The number of allylic oxidation sites excluding steroid dienone is 2. The maximum absolute atomic E-state index is 12.6. The number of aliphatic hydroxyl groups is 1. The van der Waals surface area contributed by atoms with E-state index in [-0.39, 0.29) is 25.0 Å². The first-order valence-corrected chi connectivity index (χ1v) is 19.8. The lowest BCUT2D eigenvalue weighted by Crippen LogP contribution is -2.35. The standard InChI is InChI=1S/C35H42N4O10S2/c1-4-36-28-16-14-26(32(41)18-21-40)24-30(28)38(19-7-9-22-50(43,44)45)33(36)12-11-13-34-37(5-2)29-17-15-27(35(42)49-6-3)25-31(29)39(34)20-8-10-23-51(46,47)48/h11-17,24-25H,4-10,19-20,22-23H2,1-3H3,(H2-,40,41,43,44,45,46,47,48)/p-1. The lowest BCUT2D eigenvalue weighted by Gasteiger charge is -2.24. The maximum atomic E-state index is 12.6. The summed E-state index contributed by atoms with van der Waals surface area (Å²) in [5.41, 5.74) is 3.63. The Morgan fingerprint density at radius 2 is 1.55 bits per heavy atom. The van der Waals surface area contributed by atoms with Crippen LogP contribution in [0.15, 0.2) is 54.4 Å². The molecule has 0 amide bonds. The molecule has 4 rings (SSSR count). The number of anilines is 2. The zero-order valence-corrected chi connectivity index (χ0v) is 30.3. The van der Waals surface area contributed by atoms with Crippen LogP contribution in [0.5, 0.6) is 0 Å². The minimum atomic E-state index is -4.39. The highest BCUT2D eigenvalue weighted by Gasteiger charge is 2.31. The second kappa shape index (κ2) is 17.0. The van der Waals surface area contributed by atoms with Crippen LogP contribution in [0.1, 0.15) is 73.0 Å². The first-order chi connectivity index (χ1) is 24.2. The molecule has 0 aliphatic carbocycles. The number of hydrogen-bond donors (Lipinski definition) is 1. The van der Waals surface area contributed by atoms with Gasteiger partial charge in [-0.2, -0.15) is 0 Å². The molecule has 0 unspecified atom stereocenters. The number of benzene rings is 2. The van der Waals surface area contributed by atoms with Crippen LogP contribution in [0.25, 0.3) is 17.1 Å². The number of aromatic nitrogens is 2. The van der Waals surface area contributed by atoms with E-state index in [0.29, 0.717) is 50.3 Å². The quantitative estimate of drug-likeness (QED) is 0.0530. The molecular formula is C35H41N4O10S2-. The third-order valence-corrected chi connectivity index (χ3v) is 9.92. The van der Waals surface area contributed by atoms with E-state index < -0.39 is 43.5 Å². The normalized spacial score (nSPS) is 13.9. The lowest BCUT2D eigenvalue weighted by atomic mass is 10.1. The highest BCUT2D eigenvalue weighted by molar-refractivity contribution is 7.85. The van der Waals surface area contributed by atoms with E-state index in [1.165, 1.54) is 0 Å². The van der Waals surface area contributed by atoms with E-state index in [1.807, 2.05) is 57.1 Å². The molecule has 3 aromatic rings. The molecule has 1 aliphatic rings. The minimum absolute atomic E-state index is 0.138. The van der Waals surface area contributed by atoms with Gasteiger partial charge < -0.3 is 28.7 Å². The first kappa shape index (κ1) is 39.1. The van der Waals surface area contributed by atoms with E-state index >= 15 is 0 Å². The number of Topliss-reactive ketones (excluding diaryl/α,β-unsaturated/α-hetero) is 1. The van der Waals surface area contributed by atoms with Gasteiger partial charge in [0, 0.05) is 48.2 Å². The van der Waals surface area contributed by atoms with Crippen molar-refractivity contribution in [1.82, 2.24) is 4.57 Å². The average molecular weight is 742 g/mol. The molecule has 51 heavy (non-hydrogen) atoms. The van der Waals surface area contributed by atoms with Crippen LogP contribution >= 0.6 is 0 Å². The SMILES string of the molecule is CCOC(=O)c1ccc2c(c1)n(CCCCS(=O)(=O)[O-])c(C=CC=C1N(CC)c3ccc(C(=O)C#CO)cc3N1CCCCS(=O)(=O)[O-])[n+]2CC. The summed E-state index contributed by atoms with van der Waals surface area (Å²) >= 11 is 0. The van der Waals surface area contributed by atoms with E-state index in [4.69, 9.17) is 9.84 Å². The molecule has 274 valence electrons. The Bertz CT molecular complexity index is 2130. The summed E-state index contributed by atoms with van der Waals surface area (Å²) in [5.74, 6) is 1.55. The highest BCUT2D eigenvalue weighted by Crippen LogP contribution is 2.42. The van der Waals surface area contributed by atoms with Crippen molar-refractivity contribution in [1.29, 1.82) is 0 Å². The zero-order chi connectivity index (χ0) is 37.3. The number of carbonyl (C=O) groups is 2. The molecule has 0 spiro atoms. The number of hydrogen-bond acceptors (Lipinski definition) is 12. The number of esters is 1. The summed E-state index contributed by atoms with van der Waals surface area (Å²) < 4.78 is 76.8. The molecule has 0 saturated carbocycles. The van der Waals surface area contributed by atoms with E-state index in [2.05, 4.69) is 5.92 Å². The van der Waals surface area contributed by atoms with Gasteiger partial charge in [-0.1, -0.05) is 6.08 Å². The fraction of sp³-hybridized carbons (Fsp3) is 0.400. The van der Waals surface area contributed by atoms with Crippen LogP contribution in [0.3, 0.4) is 0 Å². The molecule has 16 heteroatoms. The van der Waals surface area contributed by atoms with Gasteiger partial charge in [0.15, 0.2) is 11.0 Å². The zero-order valence-electron chi connectivity index (χ0n) is 28.7. The number of fused-ring (bicyclic) bond motifs is 2. The van der Waals surface area contributed by atoms with Gasteiger partial charge in [0.2, 0.25) is 5.78 Å². The largest absolute Gasteiger partial charge is 0.748 e. The third kappa shape index (κ3) is 9.76. The van der Waals surface area contributed by atoms with Crippen LogP contribution in [0, 0.1) is 12.0 Å². The molecular weight excluding hydrogens is 701 g/mol. The average Bonchev–Trinajstić information content (AvgIpc) is 3.54. The van der Waals surface area contributed by atoms with Gasteiger partial charge in [0.1, 0.15) is 11.9 Å². The van der Waals surface area contributed by atoms with Crippen molar-refractivity contribution in [2.24, 2.45) is 0 Å². The molecule has 2 aromatic carbocycles. The second-order valence-electron chi connectivity index (χ2n) is 11.7. The minimum Gasteiger partial charge on any atom is -0.748 e. The Morgan fingerprint density at radius 1 is 0.882 bits per heavy atom. The summed E-state index contributed by atoms with van der Waals surface area (Å²) in [6.45, 7) is 7.64. The van der Waals surface area contributed by atoms with Gasteiger partial charge in [-0.3, -0.25) is 4.79 Å². The number of imidazole rings is 1. The van der Waals surface area contributed by atoms with Crippen LogP contribution < -0.4 is 14.4 Å². The number of nitrogens with zero attached hydrogens (tertiary/aromatic N) is 4. The number of carbonyl (C=O) groups excluding carboxylic acids is 2. The molecule has 0 atom stereocenters. The summed E-state index contributed by atoms with van der Waals surface area (Å²) in [4.78, 5) is 29.1. The predicted molar refractivity (Wildman–Crippen MR) is 189 cm³/mol. The number of ketones is 1. The highest BCUT2D eigenvalue weighted by atomic mass is 32.2. The molecule has 1 aliphatic heterocycles. The lowest BCUT2D eigenvalue weighted by molar-refractivity contribution is -0.670. The van der Waals surface area contributed by atoms with E-state index in [9.17, 15) is 35.5 Å². The molecule has 14 nitrogen and oxygen atoms in total. The smallest absolute Gasteiger partial charge is 0.338 e. The number of ether oxygens (including phenoxy) is 1. The van der Waals surface area contributed by atoms with E-state index in [1.54, 1.807) is 43.4 Å². The molecule has 2 heterocycles. The molecule has 0 bridgehead atoms. The van der Waals surface area contributed by atoms with Crippen LogP contribution in [0.4, 0.5) is 11.4 Å². The number of unbranched alkanes of at least 4 members (excludes halogenated alkanes) is 2. The Labute approximate surface area is 298 Å². The molecule has 1 aromatic heterocycles. The van der Waals surface area contributed by atoms with Crippen molar-refractivity contribution in [2.75, 3.05) is 41.0 Å². The Morgan fingerprint density at radius 3 is 2.16 bits per heavy atom. The third-order valence-electron chi connectivity index (χ3n) is 8.34. The predicted octanol–water partition coefficient (Wildman–Crippen LogP) is 3.49. The molecule has 1 N–H and O–H groups in total. The van der Waals surface area contributed by atoms with Crippen molar-refractivity contribution in [3.05, 3.63) is 71.3 Å². The first-order valence-electron chi connectivity index (χ1n) is 16.6. The number of aryl methyl sites for hydroxylation is 2. The monoisotopic (exact) mass is 741 g/mol. The summed E-state index contributed by atoms with van der Waals surface area (Å²) in [6, 6.07) is 10.3. The van der Waals surface area contributed by atoms with Crippen molar-refractivity contribution >= 4 is 60.5 Å². The van der Waals surface area contributed by atoms with E-state index in [0.717, 1.165) is 28.4 Å². The van der Waals surface area contributed by atoms with Crippen molar-refractivity contribution < 1.29 is 49.9 Å². The summed E-state index contributed by atoms with van der Waals surface area (Å²) in [5, 5.41) is 8.97. The Kier molecular flexibility index (Phi) is 13.0. The van der Waals surface area contributed by atoms with Gasteiger partial charge >= 0.3 is 5.97 Å². The second-order valence-corrected chi connectivity index (χ2v) is 14.7. The van der Waals surface area contributed by atoms with Crippen LogP contribution in [-0.4, -0.2) is 78.6 Å². The number of aliphatic hydroxyl groups excluding tert-OH is 1. The summed E-state index contributed by atoms with van der Waals surface area (Å²) in [6.07, 6.45) is 8.27.